The van der Waals surface area contributed by atoms with Gasteiger partial charge in [-0.3, -0.25) is 4.90 Å². The van der Waals surface area contributed by atoms with Crippen LogP contribution in [0.1, 0.15) is 29.3 Å². The van der Waals surface area contributed by atoms with Gasteiger partial charge in [-0.25, -0.2) is 9.97 Å². The summed E-state index contributed by atoms with van der Waals surface area (Å²) in [5.41, 5.74) is 3.23. The smallest absolute Gasteiger partial charge is 0.140 e. The number of rotatable bonds is 4. The second kappa shape index (κ2) is 6.57. The fourth-order valence-electron chi connectivity index (χ4n) is 4.78. The third kappa shape index (κ3) is 3.13. The minimum absolute atomic E-state index is 0.449. The number of hydrogen-bond donors (Lipinski definition) is 0. The normalized spacial score (nSPS) is 19.1. The molecule has 2 saturated heterocycles. The summed E-state index contributed by atoms with van der Waals surface area (Å²) in [6.07, 6.45) is 4.08. The van der Waals surface area contributed by atoms with Gasteiger partial charge in [-0.15, -0.1) is 11.3 Å². The van der Waals surface area contributed by atoms with Crippen molar-refractivity contribution in [2.75, 3.05) is 31.1 Å². The highest BCUT2D eigenvalue weighted by atomic mass is 32.1. The van der Waals surface area contributed by atoms with Gasteiger partial charge in [0.15, 0.2) is 0 Å². The van der Waals surface area contributed by atoms with E-state index in [0.29, 0.717) is 5.41 Å². The van der Waals surface area contributed by atoms with Crippen LogP contribution >= 0.6 is 11.3 Å². The number of fused-ring (bicyclic) bond motifs is 1. The minimum Gasteiger partial charge on any atom is -0.355 e. The van der Waals surface area contributed by atoms with Crippen LogP contribution in [-0.4, -0.2) is 41.0 Å². The van der Waals surface area contributed by atoms with E-state index in [4.69, 9.17) is 0 Å². The summed E-state index contributed by atoms with van der Waals surface area (Å²) in [6.45, 7) is 10.1. The first-order chi connectivity index (χ1) is 13.1. The summed E-state index contributed by atoms with van der Waals surface area (Å²) in [6, 6.07) is 11.2. The fraction of sp³-hybridized carbons (Fsp3) is 0.455. The molecule has 27 heavy (non-hydrogen) atoms. The summed E-state index contributed by atoms with van der Waals surface area (Å²) < 4.78 is 0. The molecule has 2 aliphatic rings. The molecule has 2 aromatic heterocycles. The van der Waals surface area contributed by atoms with Crippen molar-refractivity contribution in [2.24, 2.45) is 5.41 Å². The Hall–Kier alpha value is -1.98. The summed E-state index contributed by atoms with van der Waals surface area (Å²) in [4.78, 5) is 16.8. The zero-order chi connectivity index (χ0) is 18.4. The summed E-state index contributed by atoms with van der Waals surface area (Å²) in [7, 11) is 0. The van der Waals surface area contributed by atoms with Crippen molar-refractivity contribution in [3.63, 3.8) is 0 Å². The van der Waals surface area contributed by atoms with Gasteiger partial charge < -0.3 is 4.90 Å². The Morgan fingerprint density at radius 1 is 1.15 bits per heavy atom. The maximum atomic E-state index is 4.66. The van der Waals surface area contributed by atoms with E-state index in [2.05, 4.69) is 63.9 Å². The molecule has 0 radical (unpaired) electrons. The van der Waals surface area contributed by atoms with E-state index in [0.717, 1.165) is 36.7 Å². The Morgan fingerprint density at radius 3 is 2.85 bits per heavy atom. The predicted octanol–water partition coefficient (Wildman–Crippen LogP) is 4.27. The summed E-state index contributed by atoms with van der Waals surface area (Å²) >= 11 is 1.81. The molecular formula is C22H26N4S. The van der Waals surface area contributed by atoms with Crippen molar-refractivity contribution >= 4 is 27.4 Å². The molecule has 0 unspecified atom stereocenters. The number of likely N-dealkylation sites (tertiary alicyclic amines) is 1. The third-order valence-electron chi connectivity index (χ3n) is 6.05. The van der Waals surface area contributed by atoms with Crippen LogP contribution in [-0.2, 0) is 13.0 Å². The van der Waals surface area contributed by atoms with Gasteiger partial charge in [-0.05, 0) is 31.4 Å². The molecule has 0 N–H and O–H groups in total. The highest BCUT2D eigenvalue weighted by molar-refractivity contribution is 7.18. The second-order valence-corrected chi connectivity index (χ2v) is 9.40. The zero-order valence-corrected chi connectivity index (χ0v) is 16.9. The molecule has 5 rings (SSSR count). The van der Waals surface area contributed by atoms with Gasteiger partial charge >= 0.3 is 0 Å². The van der Waals surface area contributed by atoms with Crippen LogP contribution in [0.15, 0.2) is 36.7 Å². The van der Waals surface area contributed by atoms with Gasteiger partial charge in [0.05, 0.1) is 5.39 Å². The minimum atomic E-state index is 0.449. The van der Waals surface area contributed by atoms with Crippen LogP contribution < -0.4 is 4.90 Å². The number of anilines is 1. The van der Waals surface area contributed by atoms with Crippen molar-refractivity contribution in [1.82, 2.24) is 14.9 Å². The monoisotopic (exact) mass is 378 g/mol. The largest absolute Gasteiger partial charge is 0.355 e. The number of benzene rings is 1. The van der Waals surface area contributed by atoms with Crippen molar-refractivity contribution < 1.29 is 0 Å². The molecule has 1 aromatic carbocycles. The molecule has 4 nitrogen and oxygen atoms in total. The number of hydrogen-bond acceptors (Lipinski definition) is 5. The number of aryl methyl sites for hydroxylation is 2. The van der Waals surface area contributed by atoms with Gasteiger partial charge in [-0.2, -0.15) is 0 Å². The maximum absolute atomic E-state index is 4.66. The standard InChI is InChI=1S/C22H26N4S/c1-3-18-10-19-20(23-15-24-21(19)27-18)26-8-7-22(14-26)12-25(13-22)11-17-6-4-5-16(2)9-17/h4-6,9-10,15H,3,7-8,11-14H2,1-2H3. The quantitative estimate of drug-likeness (QED) is 0.678. The molecule has 2 aliphatic heterocycles. The first-order valence-electron chi connectivity index (χ1n) is 9.90. The van der Waals surface area contributed by atoms with Gasteiger partial charge in [0, 0.05) is 43.0 Å². The van der Waals surface area contributed by atoms with Gasteiger partial charge in [0.2, 0.25) is 0 Å². The molecular weight excluding hydrogens is 352 g/mol. The SMILES string of the molecule is CCc1cc2c(N3CCC4(CN(Cc5cccc(C)c5)C4)C3)ncnc2s1. The Balaban J connectivity index is 1.28. The molecule has 4 heterocycles. The first-order valence-corrected chi connectivity index (χ1v) is 10.7. The summed E-state index contributed by atoms with van der Waals surface area (Å²) in [5, 5.41) is 1.24. The van der Waals surface area contributed by atoms with Crippen molar-refractivity contribution in [3.05, 3.63) is 52.7 Å². The number of aromatic nitrogens is 2. The number of nitrogens with zero attached hydrogens (tertiary/aromatic N) is 4. The first kappa shape index (κ1) is 17.1. The highest BCUT2D eigenvalue weighted by Gasteiger charge is 2.47. The lowest BCUT2D eigenvalue weighted by molar-refractivity contribution is 0.0117. The van der Waals surface area contributed by atoms with Crippen molar-refractivity contribution in [3.8, 4) is 0 Å². The topological polar surface area (TPSA) is 32.3 Å². The van der Waals surface area contributed by atoms with Crippen molar-refractivity contribution in [1.29, 1.82) is 0 Å². The molecule has 0 aliphatic carbocycles. The molecule has 3 aromatic rings. The number of thiophene rings is 1. The summed E-state index contributed by atoms with van der Waals surface area (Å²) in [5.74, 6) is 1.14. The lowest BCUT2D eigenvalue weighted by atomic mass is 9.79. The van der Waals surface area contributed by atoms with Crippen molar-refractivity contribution in [2.45, 2.75) is 33.2 Å². The Kier molecular flexibility index (Phi) is 4.17. The average molecular weight is 379 g/mol. The van der Waals surface area contributed by atoms with Crippen LogP contribution in [0.3, 0.4) is 0 Å². The van der Waals surface area contributed by atoms with Crippen LogP contribution in [0.5, 0.6) is 0 Å². The molecule has 5 heteroatoms. The fourth-order valence-corrected chi connectivity index (χ4v) is 5.71. The van der Waals surface area contributed by atoms with Crippen LogP contribution in [0.4, 0.5) is 5.82 Å². The van der Waals surface area contributed by atoms with Gasteiger partial charge in [0.1, 0.15) is 17.0 Å². The lowest BCUT2D eigenvalue weighted by Gasteiger charge is -2.48. The second-order valence-electron chi connectivity index (χ2n) is 8.29. The zero-order valence-electron chi connectivity index (χ0n) is 16.1. The molecule has 0 amide bonds. The van der Waals surface area contributed by atoms with Crippen LogP contribution in [0, 0.1) is 12.3 Å². The molecule has 0 atom stereocenters. The molecule has 140 valence electrons. The van der Waals surface area contributed by atoms with Gasteiger partial charge in [-0.1, -0.05) is 36.8 Å². The van der Waals surface area contributed by atoms with Crippen LogP contribution in [0.2, 0.25) is 0 Å². The maximum Gasteiger partial charge on any atom is 0.140 e. The van der Waals surface area contributed by atoms with E-state index < -0.39 is 0 Å². The Labute approximate surface area is 164 Å². The third-order valence-corrected chi connectivity index (χ3v) is 7.24. The lowest BCUT2D eigenvalue weighted by Crippen LogP contribution is -2.56. The Bertz CT molecular complexity index is 973. The average Bonchev–Trinajstić information content (AvgIpc) is 3.25. The van der Waals surface area contributed by atoms with Gasteiger partial charge in [0.25, 0.3) is 0 Å². The van der Waals surface area contributed by atoms with E-state index >= 15 is 0 Å². The predicted molar refractivity (Wildman–Crippen MR) is 113 cm³/mol. The molecule has 0 bridgehead atoms. The van der Waals surface area contributed by atoms with E-state index in [1.165, 1.54) is 40.9 Å². The van der Waals surface area contributed by atoms with E-state index in [9.17, 15) is 0 Å². The van der Waals surface area contributed by atoms with E-state index in [1.807, 2.05) is 0 Å². The van der Waals surface area contributed by atoms with E-state index in [1.54, 1.807) is 17.7 Å². The van der Waals surface area contributed by atoms with E-state index in [-0.39, 0.29) is 0 Å². The molecule has 1 spiro atoms. The van der Waals surface area contributed by atoms with Crippen LogP contribution in [0.25, 0.3) is 10.2 Å². The molecule has 0 saturated carbocycles. The Morgan fingerprint density at radius 2 is 2.04 bits per heavy atom. The molecule has 2 fully saturated rings. The highest BCUT2D eigenvalue weighted by Crippen LogP contribution is 2.43.